The third-order valence-corrected chi connectivity index (χ3v) is 9.37. The normalized spacial score (nSPS) is 29.9. The first-order chi connectivity index (χ1) is 15.9. The smallest absolute Gasteiger partial charge is 0.308 e. The third kappa shape index (κ3) is 3.96. The minimum atomic E-state index is -0.963. The van der Waals surface area contributed by atoms with E-state index in [4.69, 9.17) is 16.7 Å². The number of carbonyl (C=O) groups excluding carboxylic acids is 2. The molecule has 3 fully saturated rings. The number of hydrogen-bond donors (Lipinski definition) is 2. The lowest BCUT2D eigenvalue weighted by atomic mass is 9.71. The fraction of sp³-hybridized carbons (Fsp3) is 0.542. The van der Waals surface area contributed by atoms with E-state index in [2.05, 4.69) is 6.58 Å². The van der Waals surface area contributed by atoms with Crippen LogP contribution in [0.4, 0.5) is 5.69 Å². The van der Waals surface area contributed by atoms with E-state index in [1.165, 1.54) is 11.8 Å². The molecule has 0 saturated carbocycles. The van der Waals surface area contributed by atoms with E-state index >= 15 is 0 Å². The van der Waals surface area contributed by atoms with Crippen LogP contribution in [0.1, 0.15) is 32.1 Å². The van der Waals surface area contributed by atoms with Crippen molar-refractivity contribution in [3.05, 3.63) is 41.9 Å². The van der Waals surface area contributed by atoms with E-state index < -0.39 is 28.6 Å². The minimum Gasteiger partial charge on any atom is -0.481 e. The van der Waals surface area contributed by atoms with E-state index in [9.17, 15) is 19.5 Å². The molecule has 33 heavy (non-hydrogen) atoms. The van der Waals surface area contributed by atoms with Gasteiger partial charge >= 0.3 is 5.97 Å². The largest absolute Gasteiger partial charge is 0.481 e. The van der Waals surface area contributed by atoms with Crippen molar-refractivity contribution in [2.24, 2.45) is 11.8 Å². The Morgan fingerprint density at radius 3 is 2.73 bits per heavy atom. The summed E-state index contributed by atoms with van der Waals surface area (Å²) in [7, 11) is 0. The molecule has 7 nitrogen and oxygen atoms in total. The highest BCUT2D eigenvalue weighted by Gasteiger charge is 2.74. The quantitative estimate of drug-likeness (QED) is 0.384. The Labute approximate surface area is 202 Å². The van der Waals surface area contributed by atoms with Gasteiger partial charge in [-0.25, -0.2) is 0 Å². The van der Waals surface area contributed by atoms with Crippen molar-refractivity contribution >= 4 is 46.8 Å². The summed E-state index contributed by atoms with van der Waals surface area (Å²) >= 11 is 7.95. The molecule has 2 bridgehead atoms. The second kappa shape index (κ2) is 9.68. The predicted molar refractivity (Wildman–Crippen MR) is 128 cm³/mol. The number of thioether (sulfide) groups is 1. The Bertz CT molecular complexity index is 959. The van der Waals surface area contributed by atoms with Gasteiger partial charge in [0.2, 0.25) is 5.91 Å². The molecule has 2 N–H and O–H groups in total. The first kappa shape index (κ1) is 24.1. The molecule has 2 amide bonds. The van der Waals surface area contributed by atoms with Gasteiger partial charge in [0.15, 0.2) is 0 Å². The molecule has 0 aromatic heterocycles. The number of hydrogen-bond acceptors (Lipinski definition) is 5. The molecule has 3 aliphatic rings. The number of likely N-dealkylation sites (tertiary alicyclic amines) is 1. The zero-order valence-electron chi connectivity index (χ0n) is 18.4. The van der Waals surface area contributed by atoms with Crippen molar-refractivity contribution < 1.29 is 24.6 Å². The highest BCUT2D eigenvalue weighted by molar-refractivity contribution is 8.02. The number of aliphatic carboxylic acids is 1. The molecule has 0 radical (unpaired) electrons. The Morgan fingerprint density at radius 1 is 1.30 bits per heavy atom. The third-order valence-electron chi connectivity index (χ3n) is 7.10. The average Bonchev–Trinajstić information content (AvgIpc) is 3.43. The lowest BCUT2D eigenvalue weighted by molar-refractivity contribution is -0.148. The van der Waals surface area contributed by atoms with Crippen LogP contribution >= 0.6 is 23.4 Å². The number of rotatable bonds is 10. The minimum absolute atomic E-state index is 0.0705. The number of para-hydroxylation sites is 1. The summed E-state index contributed by atoms with van der Waals surface area (Å²) in [5.74, 6) is -2.93. The van der Waals surface area contributed by atoms with E-state index in [-0.39, 0.29) is 30.2 Å². The zero-order valence-corrected chi connectivity index (χ0v) is 19.9. The zero-order chi connectivity index (χ0) is 23.8. The van der Waals surface area contributed by atoms with Gasteiger partial charge in [0.1, 0.15) is 6.04 Å². The van der Waals surface area contributed by atoms with Crippen LogP contribution < -0.4 is 4.90 Å². The predicted octanol–water partition coefficient (Wildman–Crippen LogP) is 3.20. The summed E-state index contributed by atoms with van der Waals surface area (Å²) in [5, 5.41) is 19.3. The summed E-state index contributed by atoms with van der Waals surface area (Å²) in [6.45, 7) is 4.44. The van der Waals surface area contributed by atoms with Crippen molar-refractivity contribution in [1.29, 1.82) is 0 Å². The number of aliphatic hydroxyl groups is 1. The van der Waals surface area contributed by atoms with E-state index in [1.807, 2.05) is 0 Å². The number of carboxylic acids is 1. The summed E-state index contributed by atoms with van der Waals surface area (Å²) in [6.07, 6.45) is 4.91. The maximum absolute atomic E-state index is 14.2. The van der Waals surface area contributed by atoms with E-state index in [0.29, 0.717) is 42.9 Å². The number of unbranched alkanes of at least 4 members (excludes halogenated alkanes) is 2. The number of nitrogens with zero attached hydrogens (tertiary/aromatic N) is 2. The molecule has 0 aliphatic carbocycles. The van der Waals surface area contributed by atoms with Gasteiger partial charge in [-0.15, -0.1) is 18.3 Å². The van der Waals surface area contributed by atoms with Crippen molar-refractivity contribution in [3.8, 4) is 0 Å². The van der Waals surface area contributed by atoms with Gasteiger partial charge in [0.05, 0.1) is 27.3 Å². The molecular formula is C24H29ClN2O5S. The molecule has 2 unspecified atom stereocenters. The Kier molecular flexibility index (Phi) is 7.07. The molecule has 3 saturated heterocycles. The number of fused-ring (bicyclic) bond motifs is 1. The van der Waals surface area contributed by atoms with Gasteiger partial charge in [-0.1, -0.05) is 29.8 Å². The van der Waals surface area contributed by atoms with Crippen LogP contribution in [0.15, 0.2) is 36.9 Å². The Balaban J connectivity index is 1.74. The molecule has 3 aliphatic heterocycles. The van der Waals surface area contributed by atoms with Crippen molar-refractivity contribution in [2.75, 3.05) is 24.6 Å². The number of aliphatic hydroxyl groups excluding tert-OH is 1. The number of benzene rings is 1. The second-order valence-electron chi connectivity index (χ2n) is 8.90. The standard InChI is InChI=1S/C24H29ClN2O5S/c1-2-12-26(16-9-5-4-8-15(16)25)22(30)20-24-11-10-17(33-24)18(23(31)32)19(24)21(29)27(20)13-6-3-7-14-28/h2,4-5,8-9,17-20,28H,1,3,6-7,10-14H2,(H,31,32)/t17-,18+,19-,20?,24?/m0/s1. The molecule has 178 valence electrons. The summed E-state index contributed by atoms with van der Waals surface area (Å²) in [4.78, 5) is 43.1. The molecule has 1 spiro atoms. The fourth-order valence-electron chi connectivity index (χ4n) is 5.78. The molecule has 1 aromatic rings. The Hall–Kier alpha value is -2.03. The maximum atomic E-state index is 14.2. The molecule has 5 atom stereocenters. The average molecular weight is 493 g/mol. The molecule has 4 rings (SSSR count). The van der Waals surface area contributed by atoms with Gasteiger partial charge in [0.25, 0.3) is 5.91 Å². The number of amides is 2. The van der Waals surface area contributed by atoms with Crippen LogP contribution in [0, 0.1) is 11.8 Å². The van der Waals surface area contributed by atoms with Crippen LogP contribution in [-0.2, 0) is 14.4 Å². The van der Waals surface area contributed by atoms with Crippen molar-refractivity contribution in [2.45, 2.75) is 48.1 Å². The lowest BCUT2D eigenvalue weighted by Gasteiger charge is -2.37. The van der Waals surface area contributed by atoms with Gasteiger partial charge in [0, 0.05) is 24.9 Å². The molecular weight excluding hydrogens is 464 g/mol. The lowest BCUT2D eigenvalue weighted by Crippen LogP contribution is -2.55. The molecule has 1 aromatic carbocycles. The van der Waals surface area contributed by atoms with Crippen LogP contribution in [-0.4, -0.2) is 68.6 Å². The van der Waals surface area contributed by atoms with Gasteiger partial charge < -0.3 is 20.0 Å². The van der Waals surface area contributed by atoms with Crippen LogP contribution in [0.5, 0.6) is 0 Å². The maximum Gasteiger partial charge on any atom is 0.308 e. The van der Waals surface area contributed by atoms with Crippen LogP contribution in [0.3, 0.4) is 0 Å². The number of carbonyl (C=O) groups is 3. The van der Waals surface area contributed by atoms with Gasteiger partial charge in [-0.3, -0.25) is 14.4 Å². The van der Waals surface area contributed by atoms with Gasteiger partial charge in [-0.05, 0) is 44.2 Å². The fourth-order valence-corrected chi connectivity index (χ4v) is 8.22. The first-order valence-electron chi connectivity index (χ1n) is 11.4. The Morgan fingerprint density at radius 2 is 2.06 bits per heavy atom. The first-order valence-corrected chi connectivity index (χ1v) is 12.6. The molecule has 9 heteroatoms. The van der Waals surface area contributed by atoms with Crippen molar-refractivity contribution in [3.63, 3.8) is 0 Å². The van der Waals surface area contributed by atoms with Crippen molar-refractivity contribution in [1.82, 2.24) is 4.90 Å². The SMILES string of the molecule is C=CCN(C(=O)C1N(CCCCCO)C(=O)[C@@H]2[C@H](C(=O)O)[C@@H]3CCC12S3)c1ccccc1Cl. The summed E-state index contributed by atoms with van der Waals surface area (Å²) in [6, 6.07) is 6.30. The summed E-state index contributed by atoms with van der Waals surface area (Å²) < 4.78 is -0.750. The summed E-state index contributed by atoms with van der Waals surface area (Å²) in [5.41, 5.74) is 0.545. The monoisotopic (exact) mass is 492 g/mol. The molecule has 3 heterocycles. The van der Waals surface area contributed by atoms with Gasteiger partial charge in [-0.2, -0.15) is 0 Å². The van der Waals surface area contributed by atoms with E-state index in [1.54, 1.807) is 40.1 Å². The van der Waals surface area contributed by atoms with Crippen LogP contribution in [0.25, 0.3) is 0 Å². The highest BCUT2D eigenvalue weighted by atomic mass is 35.5. The second-order valence-corrected chi connectivity index (χ2v) is 10.9. The number of halogens is 1. The number of anilines is 1. The van der Waals surface area contributed by atoms with E-state index in [0.717, 1.165) is 6.42 Å². The van der Waals surface area contributed by atoms with Crippen LogP contribution in [0.2, 0.25) is 5.02 Å². The number of carboxylic acid groups (broad SMARTS) is 1. The topological polar surface area (TPSA) is 98.2 Å². The highest BCUT2D eigenvalue weighted by Crippen LogP contribution is 2.66.